The monoisotopic (exact) mass is 682 g/mol. The Labute approximate surface area is 295 Å². The Balaban J connectivity index is 1.06. The summed E-state index contributed by atoms with van der Waals surface area (Å²) >= 11 is 3.14. The first-order valence-electron chi connectivity index (χ1n) is 16.0. The normalized spacial score (nSPS) is 11.4. The van der Waals surface area contributed by atoms with Gasteiger partial charge in [-0.2, -0.15) is 0 Å². The summed E-state index contributed by atoms with van der Waals surface area (Å²) in [6.45, 7) is 0. The Morgan fingerprint density at radius 3 is 1.30 bits per heavy atom. The molecule has 0 saturated carbocycles. The molecule has 9 rings (SSSR count). The molecule has 0 aliphatic carbocycles. The number of para-hydroxylation sites is 4. The van der Waals surface area contributed by atoms with Gasteiger partial charge >= 0.3 is 0 Å². The van der Waals surface area contributed by atoms with Crippen LogP contribution in [0.3, 0.4) is 0 Å². The molecule has 0 fully saturated rings. The van der Waals surface area contributed by atoms with E-state index in [1.165, 1.54) is 0 Å². The molecule has 50 heavy (non-hydrogen) atoms. The van der Waals surface area contributed by atoms with Crippen molar-refractivity contribution in [1.29, 1.82) is 0 Å². The van der Waals surface area contributed by atoms with Gasteiger partial charge in [0.25, 0.3) is 0 Å². The molecule has 0 atom stereocenters. The lowest BCUT2D eigenvalue weighted by Gasteiger charge is -2.09. The number of nitrogens with zero attached hydrogens (tertiary/aromatic N) is 4. The number of rotatable bonds is 6. The molecular weight excluding hydrogens is 657 g/mol. The maximum Gasteiger partial charge on any atom is 0.128 e. The highest BCUT2D eigenvalue weighted by molar-refractivity contribution is 7.22. The zero-order chi connectivity index (χ0) is 33.6. The van der Waals surface area contributed by atoms with Crippen LogP contribution in [0.2, 0.25) is 0 Å². The molecule has 0 amide bonds. The SMILES string of the molecule is Oc1ccccc1-c1nc2c(-c3cccc(-c4cc(-c5cccc(-c6cccc7sc(-c8ccccc8O)nc67)c5)ncn4)c3)cccc2s1. The van der Waals surface area contributed by atoms with E-state index in [-0.39, 0.29) is 11.5 Å². The predicted octanol–water partition coefficient (Wildman–Crippen LogP) is 11.1. The van der Waals surface area contributed by atoms with Crippen molar-refractivity contribution in [3.63, 3.8) is 0 Å². The van der Waals surface area contributed by atoms with Crippen LogP contribution in [0.5, 0.6) is 11.5 Å². The van der Waals surface area contributed by atoms with Gasteiger partial charge in [0, 0.05) is 22.3 Å². The second-order valence-electron chi connectivity index (χ2n) is 11.8. The number of hydrogen-bond donors (Lipinski definition) is 2. The molecular formula is C42H26N4O2S2. The minimum absolute atomic E-state index is 0.221. The topological polar surface area (TPSA) is 92.0 Å². The molecule has 0 spiro atoms. The molecule has 0 radical (unpaired) electrons. The first kappa shape index (κ1) is 29.9. The highest BCUT2D eigenvalue weighted by Crippen LogP contribution is 2.41. The molecule has 0 saturated heterocycles. The number of hydrogen-bond acceptors (Lipinski definition) is 8. The van der Waals surface area contributed by atoms with Crippen molar-refractivity contribution >= 4 is 43.1 Å². The summed E-state index contributed by atoms with van der Waals surface area (Å²) in [4.78, 5) is 19.3. The van der Waals surface area contributed by atoms with E-state index in [9.17, 15) is 10.2 Å². The Kier molecular flexibility index (Phi) is 7.38. The van der Waals surface area contributed by atoms with E-state index >= 15 is 0 Å². The number of benzene rings is 6. The molecule has 238 valence electrons. The van der Waals surface area contributed by atoms with Crippen LogP contribution in [0.4, 0.5) is 0 Å². The minimum Gasteiger partial charge on any atom is -0.507 e. The number of aromatic hydroxyl groups is 2. The Morgan fingerprint density at radius 1 is 0.400 bits per heavy atom. The van der Waals surface area contributed by atoms with Gasteiger partial charge in [0.05, 0.1) is 42.9 Å². The lowest BCUT2D eigenvalue weighted by Crippen LogP contribution is -1.91. The maximum absolute atomic E-state index is 10.5. The zero-order valence-electron chi connectivity index (χ0n) is 26.4. The first-order chi connectivity index (χ1) is 24.6. The summed E-state index contributed by atoms with van der Waals surface area (Å²) in [5.41, 5.74) is 10.9. The third-order valence-corrected chi connectivity index (χ3v) is 10.8. The van der Waals surface area contributed by atoms with Crippen LogP contribution >= 0.6 is 22.7 Å². The van der Waals surface area contributed by atoms with Crippen LogP contribution in [-0.4, -0.2) is 30.1 Å². The smallest absolute Gasteiger partial charge is 0.128 e. The van der Waals surface area contributed by atoms with Gasteiger partial charge in [0.1, 0.15) is 27.8 Å². The maximum atomic E-state index is 10.5. The van der Waals surface area contributed by atoms with Crippen LogP contribution in [0.1, 0.15) is 0 Å². The molecule has 0 aliphatic rings. The van der Waals surface area contributed by atoms with E-state index in [1.807, 2.05) is 66.7 Å². The van der Waals surface area contributed by atoms with E-state index in [0.717, 1.165) is 86.3 Å². The van der Waals surface area contributed by atoms with Gasteiger partial charge in [0.2, 0.25) is 0 Å². The Hall–Kier alpha value is -6.22. The largest absolute Gasteiger partial charge is 0.507 e. The molecule has 0 bridgehead atoms. The summed E-state index contributed by atoms with van der Waals surface area (Å²) < 4.78 is 2.11. The minimum atomic E-state index is 0.221. The molecule has 8 heteroatoms. The number of fused-ring (bicyclic) bond motifs is 2. The second kappa shape index (κ2) is 12.3. The summed E-state index contributed by atoms with van der Waals surface area (Å²) in [5, 5.41) is 22.5. The average molecular weight is 683 g/mol. The Bertz CT molecular complexity index is 2530. The van der Waals surface area contributed by atoms with Gasteiger partial charge in [-0.05, 0) is 65.7 Å². The number of phenolic OH excluding ortho intramolecular Hbond substituents is 2. The molecule has 6 aromatic carbocycles. The second-order valence-corrected chi connectivity index (χ2v) is 13.9. The van der Waals surface area contributed by atoms with Crippen molar-refractivity contribution < 1.29 is 10.2 Å². The lowest BCUT2D eigenvalue weighted by molar-refractivity contribution is 0.477. The van der Waals surface area contributed by atoms with E-state index in [4.69, 9.17) is 9.97 Å². The molecule has 3 heterocycles. The number of phenols is 2. The van der Waals surface area contributed by atoms with Crippen LogP contribution < -0.4 is 0 Å². The van der Waals surface area contributed by atoms with Gasteiger partial charge < -0.3 is 10.2 Å². The average Bonchev–Trinajstić information content (AvgIpc) is 3.80. The van der Waals surface area contributed by atoms with Crippen LogP contribution in [0.25, 0.3) is 86.3 Å². The third-order valence-electron chi connectivity index (χ3n) is 8.71. The molecule has 9 aromatic rings. The van der Waals surface area contributed by atoms with Crippen molar-refractivity contribution in [2.24, 2.45) is 0 Å². The molecule has 2 N–H and O–H groups in total. The summed E-state index contributed by atoms with van der Waals surface area (Å²) in [7, 11) is 0. The van der Waals surface area contributed by atoms with Crippen molar-refractivity contribution in [2.45, 2.75) is 0 Å². The van der Waals surface area contributed by atoms with Crippen molar-refractivity contribution in [1.82, 2.24) is 19.9 Å². The van der Waals surface area contributed by atoms with Gasteiger partial charge in [-0.1, -0.05) is 84.9 Å². The fourth-order valence-electron chi connectivity index (χ4n) is 6.27. The summed E-state index contributed by atoms with van der Waals surface area (Å²) in [5.74, 6) is 0.442. The highest BCUT2D eigenvalue weighted by Gasteiger charge is 2.16. The van der Waals surface area contributed by atoms with Crippen molar-refractivity contribution in [2.75, 3.05) is 0 Å². The van der Waals surface area contributed by atoms with E-state index in [0.29, 0.717) is 0 Å². The van der Waals surface area contributed by atoms with Crippen LogP contribution in [0.15, 0.2) is 146 Å². The molecule has 0 unspecified atom stereocenters. The fraction of sp³-hybridized carbons (Fsp3) is 0. The van der Waals surface area contributed by atoms with Crippen molar-refractivity contribution in [3.8, 4) is 77.4 Å². The molecule has 0 aliphatic heterocycles. The number of aromatic nitrogens is 4. The quantitative estimate of drug-likeness (QED) is 0.181. The van der Waals surface area contributed by atoms with Gasteiger partial charge in [-0.15, -0.1) is 22.7 Å². The van der Waals surface area contributed by atoms with E-state index in [2.05, 4.69) is 70.6 Å². The standard InChI is InChI=1S/C42H26N4O2S2/c47-35-17-3-1-13-31(35)41-45-39-29(15-7-19-37(39)49-41)25-9-5-11-27(21-25)33-23-34(44-24-43-33)28-12-6-10-26(22-28)30-16-8-20-38-40(30)46-42(50-38)32-14-2-4-18-36(32)48/h1-24,47-48H. The third kappa shape index (κ3) is 5.37. The summed E-state index contributed by atoms with van der Waals surface area (Å²) in [6.07, 6.45) is 1.61. The highest BCUT2D eigenvalue weighted by atomic mass is 32.1. The number of thiazole rings is 2. The fourth-order valence-corrected chi connectivity index (χ4v) is 8.32. The van der Waals surface area contributed by atoms with Gasteiger partial charge in [-0.25, -0.2) is 19.9 Å². The molecule has 6 nitrogen and oxygen atoms in total. The van der Waals surface area contributed by atoms with Crippen molar-refractivity contribution in [3.05, 3.63) is 146 Å². The molecule has 3 aromatic heterocycles. The summed E-state index contributed by atoms with van der Waals surface area (Å²) in [6, 6.07) is 45.7. The lowest BCUT2D eigenvalue weighted by atomic mass is 9.98. The van der Waals surface area contributed by atoms with Gasteiger partial charge in [-0.3, -0.25) is 0 Å². The van der Waals surface area contributed by atoms with Gasteiger partial charge in [0.15, 0.2) is 0 Å². The van der Waals surface area contributed by atoms with E-state index < -0.39 is 0 Å². The predicted molar refractivity (Wildman–Crippen MR) is 204 cm³/mol. The van der Waals surface area contributed by atoms with Crippen LogP contribution in [0, 0.1) is 0 Å². The first-order valence-corrected chi connectivity index (χ1v) is 17.6. The van der Waals surface area contributed by atoms with Crippen LogP contribution in [-0.2, 0) is 0 Å². The Morgan fingerprint density at radius 2 is 0.820 bits per heavy atom. The van der Waals surface area contributed by atoms with E-state index in [1.54, 1.807) is 41.1 Å². The zero-order valence-corrected chi connectivity index (χ0v) is 28.0.